The van der Waals surface area contributed by atoms with Crippen molar-refractivity contribution in [2.45, 2.75) is 26.9 Å². The average Bonchev–Trinajstić information content (AvgIpc) is 2.83. The zero-order chi connectivity index (χ0) is 11.6. The van der Waals surface area contributed by atoms with Crippen LogP contribution in [0.25, 0.3) is 0 Å². The van der Waals surface area contributed by atoms with Crippen molar-refractivity contribution in [1.82, 2.24) is 0 Å². The lowest BCUT2D eigenvalue weighted by atomic mass is 9.99. The van der Waals surface area contributed by atoms with Crippen LogP contribution in [0.4, 0.5) is 0 Å². The Labute approximate surface area is 106 Å². The molecule has 16 heavy (non-hydrogen) atoms. The molecule has 0 amide bonds. The van der Waals surface area contributed by atoms with Crippen molar-refractivity contribution in [3.05, 3.63) is 35.9 Å². The Morgan fingerprint density at radius 3 is 2.38 bits per heavy atom. The molecule has 88 valence electrons. The van der Waals surface area contributed by atoms with Crippen LogP contribution in [0.5, 0.6) is 0 Å². The van der Waals surface area contributed by atoms with Gasteiger partial charge in [-0.15, -0.1) is 0 Å². The average molecular weight is 283 g/mol. The molecule has 1 nitrogen and oxygen atoms in total. The largest absolute Gasteiger partial charge is 0.376 e. The second-order valence-electron chi connectivity index (χ2n) is 5.45. The summed E-state index contributed by atoms with van der Waals surface area (Å²) in [6, 6.07) is 10.4. The van der Waals surface area contributed by atoms with Crippen LogP contribution in [0.3, 0.4) is 0 Å². The van der Waals surface area contributed by atoms with Crippen LogP contribution in [-0.2, 0) is 11.3 Å². The van der Waals surface area contributed by atoms with Crippen LogP contribution >= 0.6 is 15.9 Å². The number of alkyl halides is 1. The van der Waals surface area contributed by atoms with Crippen molar-refractivity contribution >= 4 is 15.9 Å². The zero-order valence-electron chi connectivity index (χ0n) is 10.0. The summed E-state index contributed by atoms with van der Waals surface area (Å²) in [5.74, 6) is 0. The van der Waals surface area contributed by atoms with E-state index in [4.69, 9.17) is 4.74 Å². The molecule has 1 atom stereocenters. The van der Waals surface area contributed by atoms with E-state index >= 15 is 0 Å². The molecular formula is C14H19BrO. The van der Waals surface area contributed by atoms with Gasteiger partial charge in [0.25, 0.3) is 0 Å². The van der Waals surface area contributed by atoms with E-state index in [1.807, 2.05) is 6.07 Å². The molecule has 1 aliphatic carbocycles. The van der Waals surface area contributed by atoms with E-state index in [0.29, 0.717) is 10.8 Å². The maximum atomic E-state index is 5.84. The van der Waals surface area contributed by atoms with Crippen LogP contribution < -0.4 is 0 Å². The lowest BCUT2D eigenvalue weighted by Gasteiger charge is -2.17. The summed E-state index contributed by atoms with van der Waals surface area (Å²) < 4.78 is 5.84. The first-order valence-electron chi connectivity index (χ1n) is 5.77. The van der Waals surface area contributed by atoms with Crippen molar-refractivity contribution in [2.24, 2.45) is 10.8 Å². The van der Waals surface area contributed by atoms with Gasteiger partial charge in [-0.25, -0.2) is 0 Å². The Balaban J connectivity index is 1.81. The van der Waals surface area contributed by atoms with Crippen molar-refractivity contribution in [3.63, 3.8) is 0 Å². The van der Waals surface area contributed by atoms with E-state index in [2.05, 4.69) is 54.0 Å². The highest BCUT2D eigenvalue weighted by Crippen LogP contribution is 2.64. The minimum absolute atomic E-state index is 0.363. The number of ether oxygens (including phenoxy) is 1. The number of hydrogen-bond acceptors (Lipinski definition) is 1. The fourth-order valence-electron chi connectivity index (χ4n) is 2.25. The van der Waals surface area contributed by atoms with Crippen molar-refractivity contribution in [1.29, 1.82) is 0 Å². The molecule has 1 aliphatic rings. The Bertz CT molecular complexity index is 347. The fourth-order valence-corrected chi connectivity index (χ4v) is 3.37. The molecule has 0 heterocycles. The molecular weight excluding hydrogens is 264 g/mol. The van der Waals surface area contributed by atoms with Crippen LogP contribution in [0.2, 0.25) is 0 Å². The molecule has 0 aromatic heterocycles. The second-order valence-corrected chi connectivity index (χ2v) is 6.01. The van der Waals surface area contributed by atoms with E-state index < -0.39 is 0 Å². The minimum atomic E-state index is 0.363. The first kappa shape index (κ1) is 12.1. The zero-order valence-corrected chi connectivity index (χ0v) is 11.6. The Morgan fingerprint density at radius 2 is 1.88 bits per heavy atom. The molecule has 1 aromatic rings. The fraction of sp³-hybridized carbons (Fsp3) is 0.571. The quantitative estimate of drug-likeness (QED) is 0.742. The lowest BCUT2D eigenvalue weighted by Crippen LogP contribution is -2.18. The summed E-state index contributed by atoms with van der Waals surface area (Å²) in [4.78, 5) is 0. The standard InChI is InChI=1S/C14H19BrO/c1-13(2)9-14(13,10-15)11-16-8-12-6-4-3-5-7-12/h3-7H,8-11H2,1-2H3. The molecule has 1 saturated carbocycles. The van der Waals surface area contributed by atoms with Gasteiger partial charge in [-0.1, -0.05) is 60.1 Å². The highest BCUT2D eigenvalue weighted by Gasteiger charge is 2.60. The molecule has 1 aromatic carbocycles. The van der Waals surface area contributed by atoms with Crippen LogP contribution in [0.1, 0.15) is 25.8 Å². The molecule has 0 spiro atoms. The summed E-state index contributed by atoms with van der Waals surface area (Å²) in [5.41, 5.74) is 2.06. The third kappa shape index (κ3) is 2.33. The van der Waals surface area contributed by atoms with E-state index in [0.717, 1.165) is 18.5 Å². The maximum absolute atomic E-state index is 5.84. The Kier molecular flexibility index (Phi) is 3.41. The van der Waals surface area contributed by atoms with Crippen LogP contribution in [0, 0.1) is 10.8 Å². The van der Waals surface area contributed by atoms with Crippen molar-refractivity contribution in [2.75, 3.05) is 11.9 Å². The van der Waals surface area contributed by atoms with Crippen molar-refractivity contribution < 1.29 is 4.74 Å². The predicted molar refractivity (Wildman–Crippen MR) is 70.7 cm³/mol. The predicted octanol–water partition coefficient (Wildman–Crippen LogP) is 4.01. The molecule has 1 unspecified atom stereocenters. The van der Waals surface area contributed by atoms with Gasteiger partial charge in [-0.05, 0) is 17.4 Å². The normalized spacial score (nSPS) is 26.7. The van der Waals surface area contributed by atoms with Gasteiger partial charge in [0.15, 0.2) is 0 Å². The van der Waals surface area contributed by atoms with Gasteiger partial charge in [0.2, 0.25) is 0 Å². The first-order valence-corrected chi connectivity index (χ1v) is 6.89. The second kappa shape index (κ2) is 4.50. The van der Waals surface area contributed by atoms with E-state index in [9.17, 15) is 0 Å². The Hall–Kier alpha value is -0.340. The van der Waals surface area contributed by atoms with Gasteiger partial charge in [-0.3, -0.25) is 0 Å². The smallest absolute Gasteiger partial charge is 0.0717 e. The molecule has 0 saturated heterocycles. The van der Waals surface area contributed by atoms with Crippen LogP contribution in [0.15, 0.2) is 30.3 Å². The van der Waals surface area contributed by atoms with Crippen molar-refractivity contribution in [3.8, 4) is 0 Å². The summed E-state index contributed by atoms with van der Waals surface area (Å²) in [6.07, 6.45) is 1.26. The summed E-state index contributed by atoms with van der Waals surface area (Å²) in [6.45, 7) is 6.23. The molecule has 0 N–H and O–H groups in total. The Morgan fingerprint density at radius 1 is 1.25 bits per heavy atom. The van der Waals surface area contributed by atoms with Gasteiger partial charge in [0, 0.05) is 10.7 Å². The molecule has 2 heteroatoms. The van der Waals surface area contributed by atoms with E-state index in [1.54, 1.807) is 0 Å². The number of halogens is 1. The molecule has 2 rings (SSSR count). The number of benzene rings is 1. The summed E-state index contributed by atoms with van der Waals surface area (Å²) >= 11 is 3.62. The maximum Gasteiger partial charge on any atom is 0.0717 e. The number of hydrogen-bond donors (Lipinski definition) is 0. The van der Waals surface area contributed by atoms with E-state index in [-0.39, 0.29) is 0 Å². The van der Waals surface area contributed by atoms with Gasteiger partial charge in [0.1, 0.15) is 0 Å². The molecule has 0 bridgehead atoms. The topological polar surface area (TPSA) is 9.23 Å². The highest BCUT2D eigenvalue weighted by molar-refractivity contribution is 9.09. The molecule has 0 aliphatic heterocycles. The third-order valence-corrected chi connectivity index (χ3v) is 4.91. The lowest BCUT2D eigenvalue weighted by molar-refractivity contribution is 0.0737. The van der Waals surface area contributed by atoms with Gasteiger partial charge < -0.3 is 4.74 Å². The highest BCUT2D eigenvalue weighted by atomic mass is 79.9. The SMILES string of the molecule is CC1(C)CC1(CBr)COCc1ccccc1. The van der Waals surface area contributed by atoms with Gasteiger partial charge in [0.05, 0.1) is 13.2 Å². The van der Waals surface area contributed by atoms with Gasteiger partial charge in [-0.2, -0.15) is 0 Å². The van der Waals surface area contributed by atoms with E-state index in [1.165, 1.54) is 12.0 Å². The third-order valence-electron chi connectivity index (χ3n) is 3.84. The van der Waals surface area contributed by atoms with Gasteiger partial charge >= 0.3 is 0 Å². The number of rotatable bonds is 5. The monoisotopic (exact) mass is 282 g/mol. The van der Waals surface area contributed by atoms with Crippen LogP contribution in [-0.4, -0.2) is 11.9 Å². The minimum Gasteiger partial charge on any atom is -0.376 e. The molecule has 0 radical (unpaired) electrons. The molecule has 1 fully saturated rings. The summed E-state index contributed by atoms with van der Waals surface area (Å²) in [7, 11) is 0. The summed E-state index contributed by atoms with van der Waals surface area (Å²) in [5, 5.41) is 1.04. The first-order chi connectivity index (χ1) is 7.60.